The highest BCUT2D eigenvalue weighted by atomic mass is 16.6. The van der Waals surface area contributed by atoms with E-state index in [0.29, 0.717) is 13.2 Å². The first-order valence-corrected chi connectivity index (χ1v) is 3.24. The number of carbonyl (C=O) groups excluding carboxylic acids is 1. The molecule has 1 amide bonds. The number of carbonyl (C=O) groups is 1. The molecule has 0 aliphatic carbocycles. The zero-order chi connectivity index (χ0) is 6.97. The van der Waals surface area contributed by atoms with Crippen LogP contribution in [0.1, 0.15) is 0 Å². The third-order valence-corrected chi connectivity index (χ3v) is 1.64. The number of nitrogens with zero attached hydrogens (tertiary/aromatic N) is 1. The number of fused-ring (bicyclic) bond motifs is 1. The predicted octanol–water partition coefficient (Wildman–Crippen LogP) is -0.118. The van der Waals surface area contributed by atoms with Gasteiger partial charge in [-0.15, -0.1) is 0 Å². The minimum atomic E-state index is -0.269. The maximum atomic E-state index is 10.8. The second-order valence-electron chi connectivity index (χ2n) is 2.30. The summed E-state index contributed by atoms with van der Waals surface area (Å²) in [6.07, 6.45) is 3.69. The molecule has 1 saturated heterocycles. The summed E-state index contributed by atoms with van der Waals surface area (Å²) >= 11 is 0. The van der Waals surface area contributed by atoms with Crippen molar-refractivity contribution in [2.75, 3.05) is 13.2 Å². The van der Waals surface area contributed by atoms with Gasteiger partial charge >= 0.3 is 6.09 Å². The quantitative estimate of drug-likeness (QED) is 0.477. The summed E-state index contributed by atoms with van der Waals surface area (Å²) < 4.78 is 4.77. The van der Waals surface area contributed by atoms with Crippen LogP contribution in [-0.2, 0) is 4.74 Å². The number of amides is 1. The Hall–Kier alpha value is -1.03. The van der Waals surface area contributed by atoms with Gasteiger partial charge in [-0.1, -0.05) is 12.2 Å². The molecule has 0 unspecified atom stereocenters. The normalized spacial score (nSPS) is 30.2. The van der Waals surface area contributed by atoms with Crippen molar-refractivity contribution in [3.05, 3.63) is 12.2 Å². The molecule has 4 nitrogen and oxygen atoms in total. The third kappa shape index (κ3) is 0.690. The lowest BCUT2D eigenvalue weighted by Gasteiger charge is -2.21. The summed E-state index contributed by atoms with van der Waals surface area (Å²) in [5, 5.41) is 1.51. The van der Waals surface area contributed by atoms with Gasteiger partial charge in [0.1, 0.15) is 12.6 Å². The molecule has 1 N–H and O–H groups in total. The van der Waals surface area contributed by atoms with Gasteiger partial charge in [-0.3, -0.25) is 0 Å². The molecule has 0 aromatic carbocycles. The van der Waals surface area contributed by atoms with Crippen molar-refractivity contribution in [1.82, 2.24) is 10.4 Å². The second-order valence-corrected chi connectivity index (χ2v) is 2.30. The van der Waals surface area contributed by atoms with E-state index in [1.807, 2.05) is 12.2 Å². The summed E-state index contributed by atoms with van der Waals surface area (Å²) in [4.78, 5) is 10.8. The predicted molar refractivity (Wildman–Crippen MR) is 34.1 cm³/mol. The van der Waals surface area contributed by atoms with Gasteiger partial charge in [0.15, 0.2) is 0 Å². The smallest absolute Gasteiger partial charge is 0.425 e. The first-order valence-electron chi connectivity index (χ1n) is 3.24. The van der Waals surface area contributed by atoms with Crippen LogP contribution < -0.4 is 5.43 Å². The molecule has 10 heavy (non-hydrogen) atoms. The number of cyclic esters (lactones) is 1. The molecule has 0 bridgehead atoms. The van der Waals surface area contributed by atoms with Crippen LogP contribution in [0.15, 0.2) is 12.2 Å². The number of ether oxygens (including phenoxy) is 1. The van der Waals surface area contributed by atoms with E-state index in [1.165, 1.54) is 5.01 Å². The van der Waals surface area contributed by atoms with E-state index in [1.54, 1.807) is 0 Å². The first kappa shape index (κ1) is 5.73. The van der Waals surface area contributed by atoms with Crippen LogP contribution in [0.4, 0.5) is 4.79 Å². The minimum absolute atomic E-state index is 0.112. The number of rotatable bonds is 0. The van der Waals surface area contributed by atoms with Gasteiger partial charge in [0.25, 0.3) is 0 Å². The van der Waals surface area contributed by atoms with Crippen LogP contribution in [0, 0.1) is 0 Å². The van der Waals surface area contributed by atoms with Crippen LogP contribution >= 0.6 is 0 Å². The van der Waals surface area contributed by atoms with Crippen LogP contribution in [0.2, 0.25) is 0 Å². The van der Waals surface area contributed by atoms with Gasteiger partial charge in [0.2, 0.25) is 0 Å². The molecular weight excluding hydrogens is 132 g/mol. The Bertz CT molecular complexity index is 190. The number of hydrogen-bond donors (Lipinski definition) is 1. The highest BCUT2D eigenvalue weighted by Crippen LogP contribution is 2.12. The largest absolute Gasteiger partial charge is 0.446 e. The molecule has 2 aliphatic heterocycles. The maximum Gasteiger partial charge on any atom is 0.425 e. The molecule has 2 heterocycles. The Morgan fingerprint density at radius 3 is 3.50 bits per heavy atom. The molecule has 1 fully saturated rings. The van der Waals surface area contributed by atoms with Crippen molar-refractivity contribution >= 4 is 6.09 Å². The molecule has 54 valence electrons. The van der Waals surface area contributed by atoms with E-state index in [9.17, 15) is 4.79 Å². The lowest BCUT2D eigenvalue weighted by molar-refractivity contribution is 0.144. The van der Waals surface area contributed by atoms with Gasteiger partial charge in [-0.2, -0.15) is 0 Å². The Labute approximate surface area is 58.4 Å². The van der Waals surface area contributed by atoms with Crippen LogP contribution in [0.3, 0.4) is 0 Å². The topological polar surface area (TPSA) is 41.6 Å². The van der Waals surface area contributed by atoms with E-state index in [4.69, 9.17) is 4.74 Å². The lowest BCUT2D eigenvalue weighted by Crippen LogP contribution is -2.46. The van der Waals surface area contributed by atoms with E-state index >= 15 is 0 Å². The van der Waals surface area contributed by atoms with E-state index in [-0.39, 0.29) is 12.1 Å². The SMILES string of the molecule is O=C1OC[C@@H]2C=CCNN12. The Morgan fingerprint density at radius 2 is 2.70 bits per heavy atom. The molecule has 0 saturated carbocycles. The maximum absolute atomic E-state index is 10.8. The summed E-state index contributed by atoms with van der Waals surface area (Å²) in [5.41, 5.74) is 2.90. The van der Waals surface area contributed by atoms with Crippen molar-refractivity contribution in [1.29, 1.82) is 0 Å². The second kappa shape index (κ2) is 1.98. The zero-order valence-electron chi connectivity index (χ0n) is 5.41. The number of nitrogens with one attached hydrogen (secondary N) is 1. The Morgan fingerprint density at radius 1 is 1.80 bits per heavy atom. The summed E-state index contributed by atoms with van der Waals surface area (Å²) in [5.74, 6) is 0. The molecule has 1 atom stereocenters. The average molecular weight is 140 g/mol. The van der Waals surface area contributed by atoms with Gasteiger partial charge in [0.05, 0.1) is 0 Å². The molecule has 4 heteroatoms. The van der Waals surface area contributed by atoms with Crippen molar-refractivity contribution < 1.29 is 9.53 Å². The summed E-state index contributed by atoms with van der Waals surface area (Å²) in [6.45, 7) is 1.19. The lowest BCUT2D eigenvalue weighted by atomic mass is 10.2. The van der Waals surface area contributed by atoms with Crippen molar-refractivity contribution in [3.8, 4) is 0 Å². The molecule has 0 aromatic heterocycles. The van der Waals surface area contributed by atoms with E-state index in [0.717, 1.165) is 0 Å². The standard InChI is InChI=1S/C6H8N2O2/c9-6-8-5(4-10-6)2-1-3-7-8/h1-2,5,7H,3-4H2/t5-/m0/s1. The number of hydrogen-bond acceptors (Lipinski definition) is 3. The van der Waals surface area contributed by atoms with Crippen molar-refractivity contribution in [3.63, 3.8) is 0 Å². The fraction of sp³-hybridized carbons (Fsp3) is 0.500. The molecule has 0 spiro atoms. The van der Waals surface area contributed by atoms with Crippen LogP contribution in [0.25, 0.3) is 0 Å². The Balaban J connectivity index is 2.19. The number of hydrazine groups is 1. The van der Waals surface area contributed by atoms with E-state index < -0.39 is 0 Å². The third-order valence-electron chi connectivity index (χ3n) is 1.64. The average Bonchev–Trinajstić information content (AvgIpc) is 2.34. The van der Waals surface area contributed by atoms with E-state index in [2.05, 4.69) is 5.43 Å². The monoisotopic (exact) mass is 140 g/mol. The summed E-state index contributed by atoms with van der Waals surface area (Å²) in [7, 11) is 0. The zero-order valence-corrected chi connectivity index (χ0v) is 5.41. The molecule has 0 radical (unpaired) electrons. The molecule has 2 aliphatic rings. The van der Waals surface area contributed by atoms with Gasteiger partial charge < -0.3 is 4.74 Å². The Kier molecular flexibility index (Phi) is 1.14. The molecule has 0 aromatic rings. The molecular formula is C6H8N2O2. The fourth-order valence-electron chi connectivity index (χ4n) is 1.14. The first-order chi connectivity index (χ1) is 4.88. The van der Waals surface area contributed by atoms with Crippen LogP contribution in [0.5, 0.6) is 0 Å². The highest BCUT2D eigenvalue weighted by Gasteiger charge is 2.32. The van der Waals surface area contributed by atoms with Gasteiger partial charge in [0, 0.05) is 6.54 Å². The molecule has 2 rings (SSSR count). The van der Waals surface area contributed by atoms with Crippen molar-refractivity contribution in [2.45, 2.75) is 6.04 Å². The van der Waals surface area contributed by atoms with Crippen molar-refractivity contribution in [2.24, 2.45) is 0 Å². The van der Waals surface area contributed by atoms with Crippen LogP contribution in [-0.4, -0.2) is 30.3 Å². The fourth-order valence-corrected chi connectivity index (χ4v) is 1.14. The highest BCUT2D eigenvalue weighted by molar-refractivity contribution is 5.70. The summed E-state index contributed by atoms with van der Waals surface area (Å²) in [6, 6.07) is 0.112. The van der Waals surface area contributed by atoms with Gasteiger partial charge in [-0.05, 0) is 0 Å². The van der Waals surface area contributed by atoms with Gasteiger partial charge in [-0.25, -0.2) is 15.2 Å². The minimum Gasteiger partial charge on any atom is -0.446 e.